The number of ether oxygens (including phenoxy) is 1. The molecule has 0 spiro atoms. The highest BCUT2D eigenvalue weighted by Gasteiger charge is 2.29. The summed E-state index contributed by atoms with van der Waals surface area (Å²) in [7, 11) is 1.95. The topological polar surface area (TPSA) is 45.7 Å². The maximum Gasteiger partial charge on any atom is 0.227 e. The largest absolute Gasteiger partial charge is 0.381 e. The molecule has 1 unspecified atom stereocenters. The van der Waals surface area contributed by atoms with Crippen molar-refractivity contribution in [2.45, 2.75) is 19.3 Å². The minimum atomic E-state index is 0.0745. The molecule has 0 aromatic carbocycles. The van der Waals surface area contributed by atoms with E-state index in [1.165, 1.54) is 10.1 Å². The molecule has 5 nitrogen and oxygen atoms in total. The number of carbonyl (C=O) groups excluding carboxylic acids is 1. The summed E-state index contributed by atoms with van der Waals surface area (Å²) >= 11 is 1.77. The van der Waals surface area contributed by atoms with Gasteiger partial charge in [-0.15, -0.1) is 11.3 Å². The summed E-state index contributed by atoms with van der Waals surface area (Å²) in [6, 6.07) is 4.26. The van der Waals surface area contributed by atoms with Crippen molar-refractivity contribution in [1.82, 2.24) is 9.88 Å². The van der Waals surface area contributed by atoms with E-state index in [4.69, 9.17) is 4.74 Å². The van der Waals surface area contributed by atoms with E-state index in [1.807, 2.05) is 18.1 Å². The van der Waals surface area contributed by atoms with E-state index in [0.29, 0.717) is 12.5 Å². The molecule has 2 aromatic heterocycles. The molecule has 0 N–H and O–H groups in total. The van der Waals surface area contributed by atoms with Crippen LogP contribution in [0.1, 0.15) is 19.3 Å². The standard InChI is InChI=1S/C19H25N3O2S/c1-21(19(23)15-5-10-24-13-15)12-14-3-8-22(9-4-14)18-16-6-11-25-17(16)2-7-20-18/h2,6-7,11,14-15H,3-5,8-10,12-13H2,1H3. The third-order valence-electron chi connectivity index (χ3n) is 5.46. The highest BCUT2D eigenvalue weighted by atomic mass is 32.1. The number of pyridine rings is 1. The molecule has 2 aliphatic rings. The Morgan fingerprint density at radius 2 is 2.20 bits per heavy atom. The van der Waals surface area contributed by atoms with E-state index in [-0.39, 0.29) is 11.8 Å². The maximum absolute atomic E-state index is 12.4. The van der Waals surface area contributed by atoms with Gasteiger partial charge in [-0.05, 0) is 42.7 Å². The molecule has 6 heteroatoms. The van der Waals surface area contributed by atoms with Crippen LogP contribution in [0.5, 0.6) is 0 Å². The Hall–Kier alpha value is -1.66. The van der Waals surface area contributed by atoms with Crippen molar-refractivity contribution in [3.8, 4) is 0 Å². The van der Waals surface area contributed by atoms with Gasteiger partial charge in [0.2, 0.25) is 5.91 Å². The van der Waals surface area contributed by atoms with Gasteiger partial charge in [-0.1, -0.05) is 0 Å². The second kappa shape index (κ2) is 7.30. The Morgan fingerprint density at radius 1 is 1.36 bits per heavy atom. The van der Waals surface area contributed by atoms with Gasteiger partial charge in [0, 0.05) is 49.6 Å². The van der Waals surface area contributed by atoms with Crippen molar-refractivity contribution >= 4 is 33.1 Å². The van der Waals surface area contributed by atoms with Crippen LogP contribution < -0.4 is 4.90 Å². The lowest BCUT2D eigenvalue weighted by atomic mass is 9.95. The molecular formula is C19H25N3O2S. The molecular weight excluding hydrogens is 334 g/mol. The van der Waals surface area contributed by atoms with Crippen molar-refractivity contribution < 1.29 is 9.53 Å². The number of carbonyl (C=O) groups is 1. The molecule has 25 heavy (non-hydrogen) atoms. The number of aromatic nitrogens is 1. The molecule has 2 saturated heterocycles. The van der Waals surface area contributed by atoms with Crippen LogP contribution in [0.4, 0.5) is 5.82 Å². The van der Waals surface area contributed by atoms with Crippen molar-refractivity contribution in [3.05, 3.63) is 23.7 Å². The fraction of sp³-hybridized carbons (Fsp3) is 0.579. The summed E-state index contributed by atoms with van der Waals surface area (Å²) in [6.45, 7) is 4.21. The molecule has 4 rings (SSSR count). The molecule has 2 aromatic rings. The lowest BCUT2D eigenvalue weighted by Crippen LogP contribution is -2.41. The number of hydrogen-bond donors (Lipinski definition) is 0. The van der Waals surface area contributed by atoms with E-state index < -0.39 is 0 Å². The number of rotatable bonds is 4. The molecule has 0 aliphatic carbocycles. The average Bonchev–Trinajstić information content (AvgIpc) is 3.33. The third-order valence-corrected chi connectivity index (χ3v) is 6.34. The molecule has 2 aliphatic heterocycles. The van der Waals surface area contributed by atoms with Crippen molar-refractivity contribution in [2.24, 2.45) is 11.8 Å². The van der Waals surface area contributed by atoms with E-state index >= 15 is 0 Å². The highest BCUT2D eigenvalue weighted by Crippen LogP contribution is 2.31. The first-order valence-corrected chi connectivity index (χ1v) is 10.00. The fourth-order valence-electron chi connectivity index (χ4n) is 3.98. The lowest BCUT2D eigenvalue weighted by Gasteiger charge is -2.35. The first-order valence-electron chi connectivity index (χ1n) is 9.12. The van der Waals surface area contributed by atoms with Gasteiger partial charge >= 0.3 is 0 Å². The average molecular weight is 359 g/mol. The molecule has 1 amide bonds. The highest BCUT2D eigenvalue weighted by molar-refractivity contribution is 7.17. The van der Waals surface area contributed by atoms with Crippen LogP contribution in [0.2, 0.25) is 0 Å². The van der Waals surface area contributed by atoms with Crippen LogP contribution in [0.3, 0.4) is 0 Å². The second-order valence-corrected chi connectivity index (χ2v) is 8.12. The number of thiophene rings is 1. The Morgan fingerprint density at radius 3 is 2.96 bits per heavy atom. The zero-order valence-electron chi connectivity index (χ0n) is 14.7. The normalized spacial score (nSPS) is 21.8. The summed E-state index contributed by atoms with van der Waals surface area (Å²) in [5.41, 5.74) is 0. The van der Waals surface area contributed by atoms with Crippen molar-refractivity contribution in [1.29, 1.82) is 0 Å². The number of piperidine rings is 1. The summed E-state index contributed by atoms with van der Waals surface area (Å²) in [5, 5.41) is 3.40. The van der Waals surface area contributed by atoms with E-state index in [2.05, 4.69) is 27.4 Å². The molecule has 2 fully saturated rings. The predicted molar refractivity (Wildman–Crippen MR) is 101 cm³/mol. The third kappa shape index (κ3) is 3.51. The summed E-state index contributed by atoms with van der Waals surface area (Å²) in [4.78, 5) is 21.4. The lowest BCUT2D eigenvalue weighted by molar-refractivity contribution is -0.134. The van der Waals surface area contributed by atoms with Gasteiger partial charge in [0.1, 0.15) is 5.82 Å². The van der Waals surface area contributed by atoms with Crippen LogP contribution in [0, 0.1) is 11.8 Å². The molecule has 134 valence electrons. The minimum absolute atomic E-state index is 0.0745. The fourth-order valence-corrected chi connectivity index (χ4v) is 4.75. The summed E-state index contributed by atoms with van der Waals surface area (Å²) in [6.07, 6.45) is 5.01. The summed E-state index contributed by atoms with van der Waals surface area (Å²) in [5.74, 6) is 2.02. The van der Waals surface area contributed by atoms with Crippen LogP contribution in [-0.4, -0.2) is 55.7 Å². The minimum Gasteiger partial charge on any atom is -0.381 e. The van der Waals surface area contributed by atoms with Gasteiger partial charge in [0.25, 0.3) is 0 Å². The van der Waals surface area contributed by atoms with Crippen molar-refractivity contribution in [2.75, 3.05) is 44.8 Å². The van der Waals surface area contributed by atoms with Gasteiger partial charge in [-0.2, -0.15) is 0 Å². The predicted octanol–water partition coefficient (Wildman–Crippen LogP) is 3.01. The van der Waals surface area contributed by atoms with Gasteiger partial charge in [0.05, 0.1) is 12.5 Å². The van der Waals surface area contributed by atoms with Crippen LogP contribution >= 0.6 is 11.3 Å². The van der Waals surface area contributed by atoms with Gasteiger partial charge in [0.15, 0.2) is 0 Å². The quantitative estimate of drug-likeness (QED) is 0.842. The Balaban J connectivity index is 1.34. The first-order chi connectivity index (χ1) is 12.2. The number of amides is 1. The van der Waals surface area contributed by atoms with E-state index in [0.717, 1.165) is 51.3 Å². The van der Waals surface area contributed by atoms with Crippen LogP contribution in [0.25, 0.3) is 10.1 Å². The van der Waals surface area contributed by atoms with Crippen LogP contribution in [-0.2, 0) is 9.53 Å². The maximum atomic E-state index is 12.4. The zero-order valence-corrected chi connectivity index (χ0v) is 15.5. The molecule has 1 atom stereocenters. The van der Waals surface area contributed by atoms with Gasteiger partial charge < -0.3 is 14.5 Å². The monoisotopic (exact) mass is 359 g/mol. The Labute approximate surface area is 152 Å². The zero-order chi connectivity index (χ0) is 17.2. The van der Waals surface area contributed by atoms with E-state index in [1.54, 1.807) is 11.3 Å². The second-order valence-electron chi connectivity index (χ2n) is 7.18. The van der Waals surface area contributed by atoms with E-state index in [9.17, 15) is 4.79 Å². The molecule has 0 radical (unpaired) electrons. The first kappa shape index (κ1) is 16.8. The number of fused-ring (bicyclic) bond motifs is 1. The smallest absolute Gasteiger partial charge is 0.227 e. The Kier molecular flexibility index (Phi) is 4.90. The van der Waals surface area contributed by atoms with Crippen molar-refractivity contribution in [3.63, 3.8) is 0 Å². The molecule has 0 saturated carbocycles. The number of anilines is 1. The number of nitrogens with zero attached hydrogens (tertiary/aromatic N) is 3. The van der Waals surface area contributed by atoms with Gasteiger partial charge in [-0.3, -0.25) is 4.79 Å². The van der Waals surface area contributed by atoms with Crippen LogP contribution in [0.15, 0.2) is 23.7 Å². The molecule has 4 heterocycles. The summed E-state index contributed by atoms with van der Waals surface area (Å²) < 4.78 is 6.65. The SMILES string of the molecule is CN(CC1CCN(c2nccc3sccc23)CC1)C(=O)C1CCOC1. The van der Waals surface area contributed by atoms with Gasteiger partial charge in [-0.25, -0.2) is 4.98 Å². The number of hydrogen-bond acceptors (Lipinski definition) is 5. The molecule has 0 bridgehead atoms. The Bertz CT molecular complexity index is 733.